The van der Waals surface area contributed by atoms with Crippen LogP contribution in [-0.4, -0.2) is 36.6 Å². The number of hydrogen-bond donors (Lipinski definition) is 1. The molecule has 0 bridgehead atoms. The minimum absolute atomic E-state index is 0.796. The van der Waals surface area contributed by atoms with Crippen LogP contribution < -0.4 is 5.32 Å². The molecule has 2 heteroatoms. The lowest BCUT2D eigenvalue weighted by Gasteiger charge is -2.40. The average molecular weight is 250 g/mol. The summed E-state index contributed by atoms with van der Waals surface area (Å²) in [6.45, 7) is 6.21. The van der Waals surface area contributed by atoms with E-state index < -0.39 is 0 Å². The second kappa shape index (κ2) is 5.92. The maximum atomic E-state index is 3.82. The van der Waals surface area contributed by atoms with Gasteiger partial charge in [0.1, 0.15) is 0 Å². The quantitative estimate of drug-likeness (QED) is 0.779. The van der Waals surface area contributed by atoms with Crippen molar-refractivity contribution in [3.63, 3.8) is 0 Å². The molecule has 2 nitrogen and oxygen atoms in total. The van der Waals surface area contributed by atoms with E-state index in [2.05, 4.69) is 17.1 Å². The lowest BCUT2D eigenvalue weighted by atomic mass is 9.91. The first-order valence-electron chi connectivity index (χ1n) is 8.36. The van der Waals surface area contributed by atoms with Crippen LogP contribution in [0.25, 0.3) is 0 Å². The number of nitrogens with one attached hydrogen (secondary N) is 1. The van der Waals surface area contributed by atoms with E-state index in [0.29, 0.717) is 0 Å². The van der Waals surface area contributed by atoms with Crippen LogP contribution in [0.2, 0.25) is 0 Å². The SMILES string of the molecule is CCCNC(CN1CCCC2CCCC21)C1CC1. The maximum absolute atomic E-state index is 3.82. The molecule has 104 valence electrons. The predicted octanol–water partition coefficient (Wildman–Crippen LogP) is 3.03. The van der Waals surface area contributed by atoms with E-state index in [0.717, 1.165) is 23.9 Å². The van der Waals surface area contributed by atoms with Gasteiger partial charge >= 0.3 is 0 Å². The molecule has 0 spiro atoms. The summed E-state index contributed by atoms with van der Waals surface area (Å²) in [6.07, 6.45) is 11.7. The van der Waals surface area contributed by atoms with E-state index in [-0.39, 0.29) is 0 Å². The maximum Gasteiger partial charge on any atom is 0.0223 e. The van der Waals surface area contributed by atoms with Gasteiger partial charge in [-0.05, 0) is 69.9 Å². The molecule has 0 aromatic rings. The Balaban J connectivity index is 1.55. The second-order valence-corrected chi connectivity index (χ2v) is 6.79. The molecule has 1 saturated heterocycles. The van der Waals surface area contributed by atoms with Crippen molar-refractivity contribution >= 4 is 0 Å². The van der Waals surface area contributed by atoms with Crippen LogP contribution >= 0.6 is 0 Å². The van der Waals surface area contributed by atoms with Gasteiger partial charge in [-0.3, -0.25) is 4.90 Å². The Morgan fingerprint density at radius 1 is 1.11 bits per heavy atom. The van der Waals surface area contributed by atoms with Crippen molar-refractivity contribution in [1.82, 2.24) is 10.2 Å². The summed E-state index contributed by atoms with van der Waals surface area (Å²) in [7, 11) is 0. The molecule has 3 atom stereocenters. The summed E-state index contributed by atoms with van der Waals surface area (Å²) < 4.78 is 0. The third-order valence-electron chi connectivity index (χ3n) is 5.39. The summed E-state index contributed by atoms with van der Waals surface area (Å²) >= 11 is 0. The van der Waals surface area contributed by atoms with Gasteiger partial charge in [-0.25, -0.2) is 0 Å². The third-order valence-corrected chi connectivity index (χ3v) is 5.39. The van der Waals surface area contributed by atoms with Crippen molar-refractivity contribution < 1.29 is 0 Å². The van der Waals surface area contributed by atoms with Crippen LogP contribution in [0.5, 0.6) is 0 Å². The van der Waals surface area contributed by atoms with Gasteiger partial charge in [0.05, 0.1) is 0 Å². The Morgan fingerprint density at radius 3 is 2.72 bits per heavy atom. The first kappa shape index (κ1) is 12.9. The zero-order chi connectivity index (χ0) is 12.4. The van der Waals surface area contributed by atoms with Crippen LogP contribution in [0.3, 0.4) is 0 Å². The van der Waals surface area contributed by atoms with Crippen molar-refractivity contribution in [3.05, 3.63) is 0 Å². The highest BCUT2D eigenvalue weighted by molar-refractivity contribution is 4.94. The zero-order valence-electron chi connectivity index (χ0n) is 12.0. The molecule has 2 saturated carbocycles. The zero-order valence-corrected chi connectivity index (χ0v) is 12.0. The number of fused-ring (bicyclic) bond motifs is 1. The Labute approximate surface area is 113 Å². The molecule has 0 radical (unpaired) electrons. The highest BCUT2D eigenvalue weighted by Gasteiger charge is 2.38. The third kappa shape index (κ3) is 2.91. The van der Waals surface area contributed by atoms with Crippen molar-refractivity contribution in [1.29, 1.82) is 0 Å². The van der Waals surface area contributed by atoms with E-state index in [4.69, 9.17) is 0 Å². The Morgan fingerprint density at radius 2 is 1.94 bits per heavy atom. The largest absolute Gasteiger partial charge is 0.312 e. The normalized spacial score (nSPS) is 34.5. The molecular formula is C16H30N2. The van der Waals surface area contributed by atoms with Gasteiger partial charge in [-0.2, -0.15) is 0 Å². The molecule has 3 aliphatic rings. The van der Waals surface area contributed by atoms with Gasteiger partial charge in [-0.1, -0.05) is 13.3 Å². The molecule has 3 fully saturated rings. The van der Waals surface area contributed by atoms with E-state index in [1.807, 2.05) is 0 Å². The molecule has 3 unspecified atom stereocenters. The molecule has 0 aromatic carbocycles. The summed E-state index contributed by atoms with van der Waals surface area (Å²) in [5.74, 6) is 2.04. The fraction of sp³-hybridized carbons (Fsp3) is 1.00. The number of piperidine rings is 1. The van der Waals surface area contributed by atoms with E-state index >= 15 is 0 Å². The molecular weight excluding hydrogens is 220 g/mol. The number of likely N-dealkylation sites (tertiary alicyclic amines) is 1. The number of nitrogens with zero attached hydrogens (tertiary/aromatic N) is 1. The summed E-state index contributed by atoms with van der Waals surface area (Å²) in [4.78, 5) is 2.85. The molecule has 2 aliphatic carbocycles. The van der Waals surface area contributed by atoms with Gasteiger partial charge in [0.25, 0.3) is 0 Å². The fourth-order valence-electron chi connectivity index (χ4n) is 4.25. The van der Waals surface area contributed by atoms with Gasteiger partial charge in [0.2, 0.25) is 0 Å². The van der Waals surface area contributed by atoms with Crippen LogP contribution in [0, 0.1) is 11.8 Å². The lowest BCUT2D eigenvalue weighted by Crippen LogP contribution is -2.50. The van der Waals surface area contributed by atoms with Crippen molar-refractivity contribution in [2.75, 3.05) is 19.6 Å². The Kier molecular flexibility index (Phi) is 4.25. The smallest absolute Gasteiger partial charge is 0.0223 e. The van der Waals surface area contributed by atoms with Gasteiger partial charge < -0.3 is 5.32 Å². The van der Waals surface area contributed by atoms with Crippen LogP contribution in [0.15, 0.2) is 0 Å². The highest BCUT2D eigenvalue weighted by atomic mass is 15.2. The lowest BCUT2D eigenvalue weighted by molar-refractivity contribution is 0.0977. The van der Waals surface area contributed by atoms with Crippen LogP contribution in [-0.2, 0) is 0 Å². The van der Waals surface area contributed by atoms with Gasteiger partial charge in [0, 0.05) is 18.6 Å². The van der Waals surface area contributed by atoms with Crippen molar-refractivity contribution in [2.24, 2.45) is 11.8 Å². The molecule has 1 aliphatic heterocycles. The molecule has 0 aromatic heterocycles. The number of rotatable bonds is 6. The first-order valence-corrected chi connectivity index (χ1v) is 8.36. The predicted molar refractivity (Wildman–Crippen MR) is 76.7 cm³/mol. The van der Waals surface area contributed by atoms with Gasteiger partial charge in [0.15, 0.2) is 0 Å². The minimum atomic E-state index is 0.796. The standard InChI is InChI=1S/C16H30N2/c1-2-10-17-15(13-8-9-13)12-18-11-4-6-14-5-3-7-16(14)18/h13-17H,2-12H2,1H3. The van der Waals surface area contributed by atoms with Crippen LogP contribution in [0.4, 0.5) is 0 Å². The summed E-state index contributed by atoms with van der Waals surface area (Å²) in [6, 6.07) is 1.74. The van der Waals surface area contributed by atoms with Crippen molar-refractivity contribution in [3.8, 4) is 0 Å². The average Bonchev–Trinajstić information content (AvgIpc) is 3.12. The summed E-state index contributed by atoms with van der Waals surface area (Å²) in [5, 5.41) is 3.82. The number of hydrogen-bond acceptors (Lipinski definition) is 2. The molecule has 1 heterocycles. The minimum Gasteiger partial charge on any atom is -0.312 e. The fourth-order valence-corrected chi connectivity index (χ4v) is 4.25. The van der Waals surface area contributed by atoms with Crippen LogP contribution in [0.1, 0.15) is 58.3 Å². The van der Waals surface area contributed by atoms with E-state index in [1.165, 1.54) is 71.0 Å². The topological polar surface area (TPSA) is 15.3 Å². The molecule has 18 heavy (non-hydrogen) atoms. The Hall–Kier alpha value is -0.0800. The van der Waals surface area contributed by atoms with E-state index in [1.54, 1.807) is 0 Å². The second-order valence-electron chi connectivity index (χ2n) is 6.79. The van der Waals surface area contributed by atoms with Gasteiger partial charge in [-0.15, -0.1) is 0 Å². The van der Waals surface area contributed by atoms with E-state index in [9.17, 15) is 0 Å². The summed E-state index contributed by atoms with van der Waals surface area (Å²) in [5.41, 5.74) is 0. The Bertz CT molecular complexity index is 262. The highest BCUT2D eigenvalue weighted by Crippen LogP contribution is 2.38. The molecule has 3 rings (SSSR count). The molecule has 0 amide bonds. The monoisotopic (exact) mass is 250 g/mol. The molecule has 1 N–H and O–H groups in total. The van der Waals surface area contributed by atoms with Crippen molar-refractivity contribution in [2.45, 2.75) is 70.4 Å². The first-order chi connectivity index (χ1) is 8.88.